The number of aromatic nitrogens is 3. The summed E-state index contributed by atoms with van der Waals surface area (Å²) < 4.78 is 15.1. The van der Waals surface area contributed by atoms with Crippen LogP contribution in [0.2, 0.25) is 0 Å². The summed E-state index contributed by atoms with van der Waals surface area (Å²) >= 11 is 1.20. The zero-order valence-corrected chi connectivity index (χ0v) is 15.7. The lowest BCUT2D eigenvalue weighted by atomic mass is 10.2. The van der Waals surface area contributed by atoms with E-state index in [1.54, 1.807) is 12.1 Å². The molecule has 28 heavy (non-hydrogen) atoms. The molecule has 0 radical (unpaired) electrons. The van der Waals surface area contributed by atoms with Crippen molar-refractivity contribution in [1.29, 1.82) is 0 Å². The van der Waals surface area contributed by atoms with Crippen molar-refractivity contribution in [3.8, 4) is 11.4 Å². The summed E-state index contributed by atoms with van der Waals surface area (Å²) in [5.74, 6) is -0.642. The van der Waals surface area contributed by atoms with Crippen LogP contribution in [0.3, 0.4) is 0 Å². The Morgan fingerprint density at radius 1 is 1.07 bits per heavy atom. The van der Waals surface area contributed by atoms with Gasteiger partial charge in [-0.15, -0.1) is 10.2 Å². The molecule has 0 saturated heterocycles. The Morgan fingerprint density at radius 3 is 2.46 bits per heavy atom. The largest absolute Gasteiger partial charge is 0.368 e. The van der Waals surface area contributed by atoms with E-state index < -0.39 is 5.91 Å². The number of hydrogen-bond acceptors (Lipinski definition) is 5. The van der Waals surface area contributed by atoms with Gasteiger partial charge in [0.2, 0.25) is 11.8 Å². The van der Waals surface area contributed by atoms with Gasteiger partial charge in [-0.2, -0.15) is 0 Å². The minimum Gasteiger partial charge on any atom is -0.368 e. The molecule has 0 unspecified atom stereocenters. The van der Waals surface area contributed by atoms with Gasteiger partial charge >= 0.3 is 0 Å². The van der Waals surface area contributed by atoms with Crippen molar-refractivity contribution in [2.75, 3.05) is 12.3 Å². The fraction of sp³-hybridized carbons (Fsp3) is 0.158. The Hall–Kier alpha value is -3.20. The molecular weight excluding hydrogens is 381 g/mol. The van der Waals surface area contributed by atoms with Crippen LogP contribution in [0.4, 0.5) is 4.39 Å². The molecule has 0 spiro atoms. The molecule has 1 heterocycles. The zero-order valence-electron chi connectivity index (χ0n) is 14.8. The topological polar surface area (TPSA) is 103 Å². The Morgan fingerprint density at radius 2 is 1.79 bits per heavy atom. The fourth-order valence-electron chi connectivity index (χ4n) is 2.48. The highest BCUT2D eigenvalue weighted by atomic mass is 32.2. The van der Waals surface area contributed by atoms with Gasteiger partial charge < -0.3 is 11.1 Å². The molecule has 1 aromatic heterocycles. The van der Waals surface area contributed by atoms with Crippen LogP contribution in [0.25, 0.3) is 11.4 Å². The van der Waals surface area contributed by atoms with E-state index in [1.165, 1.54) is 23.9 Å². The molecule has 3 rings (SSSR count). The highest BCUT2D eigenvalue weighted by Gasteiger charge is 2.16. The summed E-state index contributed by atoms with van der Waals surface area (Å²) in [6, 6.07) is 15.7. The van der Waals surface area contributed by atoms with Crippen LogP contribution in [0.5, 0.6) is 0 Å². The van der Waals surface area contributed by atoms with Gasteiger partial charge in [-0.1, -0.05) is 42.1 Å². The summed E-state index contributed by atoms with van der Waals surface area (Å²) in [6.45, 7) is 0.280. The highest BCUT2D eigenvalue weighted by Crippen LogP contribution is 2.25. The Bertz CT molecular complexity index is 960. The number of halogens is 1. The SMILES string of the molecule is NC(=O)CNC(=O)CSc1nnc(-c2ccc(F)cc2)n1Cc1ccccc1. The number of carbonyl (C=O) groups excluding carboxylic acids is 2. The third-order valence-corrected chi connectivity index (χ3v) is 4.76. The van der Waals surface area contributed by atoms with Crippen molar-refractivity contribution in [2.24, 2.45) is 5.73 Å². The molecule has 0 atom stereocenters. The number of amides is 2. The number of nitrogens with two attached hydrogens (primary N) is 1. The Labute approximate surface area is 165 Å². The van der Waals surface area contributed by atoms with E-state index in [0.29, 0.717) is 17.5 Å². The van der Waals surface area contributed by atoms with Crippen molar-refractivity contribution < 1.29 is 14.0 Å². The molecule has 0 bridgehead atoms. The average Bonchev–Trinajstić information content (AvgIpc) is 3.08. The van der Waals surface area contributed by atoms with E-state index in [1.807, 2.05) is 34.9 Å². The van der Waals surface area contributed by atoms with Crippen molar-refractivity contribution in [1.82, 2.24) is 20.1 Å². The molecule has 0 saturated carbocycles. The van der Waals surface area contributed by atoms with Crippen LogP contribution < -0.4 is 11.1 Å². The second kappa shape index (κ2) is 9.14. The first-order chi connectivity index (χ1) is 13.5. The third kappa shape index (κ3) is 5.17. The average molecular weight is 399 g/mol. The van der Waals surface area contributed by atoms with Crippen LogP contribution >= 0.6 is 11.8 Å². The second-order valence-electron chi connectivity index (χ2n) is 5.92. The van der Waals surface area contributed by atoms with Gasteiger partial charge in [0.15, 0.2) is 11.0 Å². The number of nitrogens with zero attached hydrogens (tertiary/aromatic N) is 3. The molecular formula is C19H18FN5O2S. The molecule has 144 valence electrons. The van der Waals surface area contributed by atoms with E-state index in [4.69, 9.17) is 5.73 Å². The van der Waals surface area contributed by atoms with Crippen molar-refractivity contribution in [3.63, 3.8) is 0 Å². The van der Waals surface area contributed by atoms with E-state index in [0.717, 1.165) is 11.1 Å². The lowest BCUT2D eigenvalue weighted by Crippen LogP contribution is -2.34. The number of nitrogens with one attached hydrogen (secondary N) is 1. The minimum absolute atomic E-state index is 0.0591. The maximum Gasteiger partial charge on any atom is 0.236 e. The number of primary amides is 1. The molecule has 0 aliphatic carbocycles. The zero-order chi connectivity index (χ0) is 19.9. The first kappa shape index (κ1) is 19.6. The van der Waals surface area contributed by atoms with Crippen LogP contribution in [-0.4, -0.2) is 38.9 Å². The Kier molecular flexibility index (Phi) is 6.38. The summed E-state index contributed by atoms with van der Waals surface area (Å²) in [6.07, 6.45) is 0. The molecule has 3 N–H and O–H groups in total. The number of hydrogen-bond donors (Lipinski definition) is 2. The number of rotatable bonds is 8. The molecule has 0 fully saturated rings. The summed E-state index contributed by atoms with van der Waals surface area (Å²) in [5.41, 5.74) is 6.77. The lowest BCUT2D eigenvalue weighted by molar-refractivity contribution is -0.123. The Balaban J connectivity index is 1.83. The van der Waals surface area contributed by atoms with Crippen LogP contribution in [0, 0.1) is 5.82 Å². The van der Waals surface area contributed by atoms with Gasteiger partial charge in [0, 0.05) is 5.56 Å². The summed E-state index contributed by atoms with van der Waals surface area (Å²) in [5, 5.41) is 11.4. The maximum atomic E-state index is 13.3. The lowest BCUT2D eigenvalue weighted by Gasteiger charge is -2.10. The van der Waals surface area contributed by atoms with Gasteiger partial charge in [0.25, 0.3) is 0 Å². The molecule has 9 heteroatoms. The van der Waals surface area contributed by atoms with E-state index >= 15 is 0 Å². The van der Waals surface area contributed by atoms with Crippen molar-refractivity contribution in [3.05, 3.63) is 66.0 Å². The number of benzene rings is 2. The van der Waals surface area contributed by atoms with Crippen LogP contribution in [0.15, 0.2) is 59.8 Å². The molecule has 3 aromatic rings. The smallest absolute Gasteiger partial charge is 0.236 e. The summed E-state index contributed by atoms with van der Waals surface area (Å²) in [7, 11) is 0. The molecule has 7 nitrogen and oxygen atoms in total. The van der Waals surface area contributed by atoms with Crippen LogP contribution in [0.1, 0.15) is 5.56 Å². The monoisotopic (exact) mass is 399 g/mol. The molecule has 0 aliphatic heterocycles. The summed E-state index contributed by atoms with van der Waals surface area (Å²) in [4.78, 5) is 22.6. The van der Waals surface area contributed by atoms with Gasteiger partial charge in [-0.25, -0.2) is 4.39 Å². The second-order valence-corrected chi connectivity index (χ2v) is 6.86. The van der Waals surface area contributed by atoms with E-state index in [9.17, 15) is 14.0 Å². The molecule has 2 aromatic carbocycles. The first-order valence-corrected chi connectivity index (χ1v) is 9.42. The minimum atomic E-state index is -0.607. The van der Waals surface area contributed by atoms with Gasteiger partial charge in [0.1, 0.15) is 5.82 Å². The predicted octanol–water partition coefficient (Wildman–Crippen LogP) is 1.83. The maximum absolute atomic E-state index is 13.3. The van der Waals surface area contributed by atoms with Gasteiger partial charge in [0.05, 0.1) is 18.8 Å². The highest BCUT2D eigenvalue weighted by molar-refractivity contribution is 7.99. The molecule has 2 amide bonds. The van der Waals surface area contributed by atoms with E-state index in [-0.39, 0.29) is 24.0 Å². The van der Waals surface area contributed by atoms with Gasteiger partial charge in [-0.05, 0) is 29.8 Å². The molecule has 0 aliphatic rings. The fourth-order valence-corrected chi connectivity index (χ4v) is 3.25. The predicted molar refractivity (Wildman–Crippen MR) is 104 cm³/mol. The van der Waals surface area contributed by atoms with Gasteiger partial charge in [-0.3, -0.25) is 14.2 Å². The quantitative estimate of drug-likeness (QED) is 0.563. The number of carbonyl (C=O) groups is 2. The first-order valence-electron chi connectivity index (χ1n) is 8.44. The van der Waals surface area contributed by atoms with Crippen molar-refractivity contribution in [2.45, 2.75) is 11.7 Å². The standard InChI is InChI=1S/C19H18FN5O2S/c20-15-8-6-14(7-9-15)18-23-24-19(28-12-17(27)22-10-16(21)26)25(18)11-13-4-2-1-3-5-13/h1-9H,10-12H2,(H2,21,26)(H,22,27). The normalized spacial score (nSPS) is 10.6. The third-order valence-electron chi connectivity index (χ3n) is 3.79. The van der Waals surface area contributed by atoms with E-state index in [2.05, 4.69) is 15.5 Å². The number of thioether (sulfide) groups is 1. The van der Waals surface area contributed by atoms with Crippen molar-refractivity contribution >= 4 is 23.6 Å². The van der Waals surface area contributed by atoms with Crippen LogP contribution in [-0.2, 0) is 16.1 Å².